The van der Waals surface area contributed by atoms with Crippen LogP contribution in [0.4, 0.5) is 0 Å². The first-order chi connectivity index (χ1) is 8.75. The Kier molecular flexibility index (Phi) is 5.47. The lowest BCUT2D eigenvalue weighted by atomic mass is 10.2. The van der Waals surface area contributed by atoms with Crippen molar-refractivity contribution in [3.05, 3.63) is 23.9 Å². The van der Waals surface area contributed by atoms with E-state index in [9.17, 15) is 0 Å². The molecule has 1 fully saturated rings. The van der Waals surface area contributed by atoms with Crippen molar-refractivity contribution in [3.8, 4) is 0 Å². The molecule has 1 saturated heterocycles. The maximum Gasteiger partial charge on any atom is 0.101 e. The van der Waals surface area contributed by atoms with Crippen LogP contribution in [0, 0.1) is 0 Å². The van der Waals surface area contributed by atoms with Gasteiger partial charge in [-0.05, 0) is 24.5 Å². The Bertz CT molecular complexity index is 365. The molecule has 0 saturated carbocycles. The van der Waals surface area contributed by atoms with Crippen molar-refractivity contribution in [3.63, 3.8) is 0 Å². The SMILES string of the molecule is CC(C)NCc1cccnc1SCC1CCCO1. The second-order valence-corrected chi connectivity index (χ2v) is 5.96. The number of hydrogen-bond donors (Lipinski definition) is 1. The molecule has 3 nitrogen and oxygen atoms in total. The van der Waals surface area contributed by atoms with E-state index in [1.54, 1.807) is 0 Å². The molecule has 1 aromatic heterocycles. The van der Waals surface area contributed by atoms with Crippen LogP contribution in [0.5, 0.6) is 0 Å². The summed E-state index contributed by atoms with van der Waals surface area (Å²) < 4.78 is 5.65. The van der Waals surface area contributed by atoms with Gasteiger partial charge in [0.25, 0.3) is 0 Å². The first-order valence-corrected chi connectivity index (χ1v) is 7.66. The number of pyridine rings is 1. The van der Waals surface area contributed by atoms with Gasteiger partial charge in [-0.1, -0.05) is 19.9 Å². The van der Waals surface area contributed by atoms with Crippen molar-refractivity contribution < 1.29 is 4.74 Å². The van der Waals surface area contributed by atoms with Crippen molar-refractivity contribution in [1.29, 1.82) is 0 Å². The van der Waals surface area contributed by atoms with Crippen LogP contribution in [0.2, 0.25) is 0 Å². The second-order valence-electron chi connectivity index (χ2n) is 4.95. The highest BCUT2D eigenvalue weighted by atomic mass is 32.2. The Hall–Kier alpha value is -0.580. The van der Waals surface area contributed by atoms with Crippen molar-refractivity contribution in [2.75, 3.05) is 12.4 Å². The quantitative estimate of drug-likeness (QED) is 0.803. The third-order valence-electron chi connectivity index (χ3n) is 2.98. The molecule has 2 heterocycles. The van der Waals surface area contributed by atoms with Crippen molar-refractivity contribution in [2.24, 2.45) is 0 Å². The van der Waals surface area contributed by atoms with Crippen LogP contribution in [0.25, 0.3) is 0 Å². The Morgan fingerprint density at radius 2 is 2.44 bits per heavy atom. The van der Waals surface area contributed by atoms with Gasteiger partial charge < -0.3 is 10.1 Å². The normalized spacial score (nSPS) is 19.6. The molecule has 100 valence electrons. The summed E-state index contributed by atoms with van der Waals surface area (Å²) in [5.74, 6) is 1.02. The van der Waals surface area contributed by atoms with E-state index in [4.69, 9.17) is 4.74 Å². The fraction of sp³-hybridized carbons (Fsp3) is 0.643. The number of hydrogen-bond acceptors (Lipinski definition) is 4. The summed E-state index contributed by atoms with van der Waals surface area (Å²) in [7, 11) is 0. The summed E-state index contributed by atoms with van der Waals surface area (Å²) in [5, 5.41) is 4.59. The summed E-state index contributed by atoms with van der Waals surface area (Å²) in [5.41, 5.74) is 1.29. The van der Waals surface area contributed by atoms with Gasteiger partial charge >= 0.3 is 0 Å². The molecule has 0 radical (unpaired) electrons. The molecule has 1 aliphatic heterocycles. The molecule has 1 unspecified atom stereocenters. The van der Waals surface area contributed by atoms with Crippen LogP contribution in [0.1, 0.15) is 32.3 Å². The van der Waals surface area contributed by atoms with Crippen LogP contribution in [0.3, 0.4) is 0 Å². The molecule has 1 atom stereocenters. The van der Waals surface area contributed by atoms with Crippen molar-refractivity contribution in [2.45, 2.75) is 50.4 Å². The fourth-order valence-corrected chi connectivity index (χ4v) is 3.02. The molecule has 4 heteroatoms. The van der Waals surface area contributed by atoms with Crippen molar-refractivity contribution >= 4 is 11.8 Å². The van der Waals surface area contributed by atoms with E-state index in [0.29, 0.717) is 12.1 Å². The Balaban J connectivity index is 1.89. The first kappa shape index (κ1) is 13.8. The highest BCUT2D eigenvalue weighted by molar-refractivity contribution is 7.99. The molecule has 1 aliphatic rings. The summed E-state index contributed by atoms with van der Waals surface area (Å²) in [6.07, 6.45) is 4.69. The third kappa shape index (κ3) is 4.26. The number of nitrogens with one attached hydrogen (secondary N) is 1. The molecule has 0 amide bonds. The molecular weight excluding hydrogens is 244 g/mol. The highest BCUT2D eigenvalue weighted by Crippen LogP contribution is 2.24. The van der Waals surface area contributed by atoms with Crippen LogP contribution in [-0.4, -0.2) is 29.5 Å². The fourth-order valence-electron chi connectivity index (χ4n) is 1.95. The zero-order chi connectivity index (χ0) is 12.8. The number of aromatic nitrogens is 1. The van der Waals surface area contributed by atoms with Gasteiger partial charge in [0.1, 0.15) is 5.03 Å². The molecule has 0 aliphatic carbocycles. The minimum absolute atomic E-state index is 0.419. The van der Waals surface area contributed by atoms with Crippen LogP contribution >= 0.6 is 11.8 Å². The average molecular weight is 266 g/mol. The molecule has 1 N–H and O–H groups in total. The van der Waals surface area contributed by atoms with E-state index in [1.165, 1.54) is 18.4 Å². The zero-order valence-corrected chi connectivity index (χ0v) is 12.0. The highest BCUT2D eigenvalue weighted by Gasteiger charge is 2.16. The maximum atomic E-state index is 5.65. The van der Waals surface area contributed by atoms with Crippen molar-refractivity contribution in [1.82, 2.24) is 10.3 Å². The predicted molar refractivity (Wildman–Crippen MR) is 75.9 cm³/mol. The largest absolute Gasteiger partial charge is 0.377 e. The summed E-state index contributed by atoms with van der Waals surface area (Å²) in [6.45, 7) is 6.14. The molecule has 1 aromatic rings. The predicted octanol–water partition coefficient (Wildman–Crippen LogP) is 2.85. The lowest BCUT2D eigenvalue weighted by Gasteiger charge is -2.13. The molecule has 0 bridgehead atoms. The number of rotatable bonds is 6. The minimum Gasteiger partial charge on any atom is -0.377 e. The van der Waals surface area contributed by atoms with Gasteiger partial charge in [0.05, 0.1) is 6.10 Å². The average Bonchev–Trinajstić information content (AvgIpc) is 2.88. The van der Waals surface area contributed by atoms with E-state index in [2.05, 4.69) is 30.2 Å². The molecule has 2 rings (SSSR count). The Labute approximate surface area is 114 Å². The van der Waals surface area contributed by atoms with Crippen LogP contribution in [-0.2, 0) is 11.3 Å². The van der Waals surface area contributed by atoms with E-state index < -0.39 is 0 Å². The van der Waals surface area contributed by atoms with E-state index in [-0.39, 0.29) is 0 Å². The van der Waals surface area contributed by atoms with Gasteiger partial charge in [-0.15, -0.1) is 11.8 Å². The number of nitrogens with zero attached hydrogens (tertiary/aromatic N) is 1. The minimum atomic E-state index is 0.419. The standard InChI is InChI=1S/C14H22N2OS/c1-11(2)16-9-12-5-3-7-15-14(12)18-10-13-6-4-8-17-13/h3,5,7,11,13,16H,4,6,8-10H2,1-2H3. The third-order valence-corrected chi connectivity index (χ3v) is 4.16. The smallest absolute Gasteiger partial charge is 0.101 e. The lowest BCUT2D eigenvalue weighted by molar-refractivity contribution is 0.129. The molecular formula is C14H22N2OS. The summed E-state index contributed by atoms with van der Waals surface area (Å²) >= 11 is 1.82. The first-order valence-electron chi connectivity index (χ1n) is 6.67. The van der Waals surface area contributed by atoms with Gasteiger partial charge in [-0.3, -0.25) is 0 Å². The maximum absolute atomic E-state index is 5.65. The van der Waals surface area contributed by atoms with Gasteiger partial charge in [0.2, 0.25) is 0 Å². The molecule has 18 heavy (non-hydrogen) atoms. The summed E-state index contributed by atoms with van der Waals surface area (Å²) in [6, 6.07) is 4.66. The Morgan fingerprint density at radius 3 is 3.17 bits per heavy atom. The lowest BCUT2D eigenvalue weighted by Crippen LogP contribution is -2.22. The monoisotopic (exact) mass is 266 g/mol. The van der Waals surface area contributed by atoms with E-state index in [0.717, 1.165) is 23.9 Å². The van der Waals surface area contributed by atoms with Crippen LogP contribution < -0.4 is 5.32 Å². The number of thioether (sulfide) groups is 1. The Morgan fingerprint density at radius 1 is 1.56 bits per heavy atom. The number of ether oxygens (including phenoxy) is 1. The van der Waals surface area contributed by atoms with Gasteiger partial charge in [-0.25, -0.2) is 4.98 Å². The van der Waals surface area contributed by atoms with Gasteiger partial charge in [0.15, 0.2) is 0 Å². The van der Waals surface area contributed by atoms with E-state index in [1.807, 2.05) is 24.0 Å². The van der Waals surface area contributed by atoms with Crippen LogP contribution in [0.15, 0.2) is 23.4 Å². The molecule has 0 aromatic carbocycles. The van der Waals surface area contributed by atoms with Gasteiger partial charge in [0, 0.05) is 31.1 Å². The summed E-state index contributed by atoms with van der Waals surface area (Å²) in [4.78, 5) is 4.49. The molecule has 0 spiro atoms. The van der Waals surface area contributed by atoms with Gasteiger partial charge in [-0.2, -0.15) is 0 Å². The zero-order valence-electron chi connectivity index (χ0n) is 11.2. The topological polar surface area (TPSA) is 34.2 Å². The van der Waals surface area contributed by atoms with E-state index >= 15 is 0 Å². The second kappa shape index (κ2) is 7.12.